The van der Waals surface area contributed by atoms with E-state index in [1.54, 1.807) is 31.2 Å². The number of nitrogens with one attached hydrogen (secondary N) is 1. The lowest BCUT2D eigenvalue weighted by atomic mass is 10.0. The Morgan fingerprint density at radius 2 is 1.47 bits per heavy atom. The summed E-state index contributed by atoms with van der Waals surface area (Å²) in [6.07, 6.45) is 15.1. The second kappa shape index (κ2) is 22.4. The number of anilines is 1. The van der Waals surface area contributed by atoms with E-state index in [1.165, 1.54) is 74.8 Å². The standard InChI is InChI=1S/C46H59N3O9/c1-4-6-7-8-9-10-11-12-13-19-30-57-45(53)35-26-29-39(58-37-22-17-18-23-37)38(31-35)47-42(51)40(41(50)34-24-27-36(55-3)28-25-34)49-43(52)44(56-5-2)48(46(49)54)32-33-20-15-14-16-21-33/h14-16,20-21,24-29,31,37,40,52H,4-13,17-19,22-23,30,32H2,1-3H3,(H,47,51). The minimum atomic E-state index is -1.90. The maximum absolute atomic E-state index is 14.6. The number of rotatable bonds is 24. The van der Waals surface area contributed by atoms with E-state index in [0.29, 0.717) is 11.5 Å². The third kappa shape index (κ3) is 11.8. The van der Waals surface area contributed by atoms with Gasteiger partial charge in [-0.15, -0.1) is 0 Å². The van der Waals surface area contributed by atoms with Crippen molar-refractivity contribution in [2.45, 2.75) is 122 Å². The highest BCUT2D eigenvalue weighted by molar-refractivity contribution is 6.16. The number of ether oxygens (including phenoxy) is 4. The summed E-state index contributed by atoms with van der Waals surface area (Å²) in [5, 5.41) is 14.4. The van der Waals surface area contributed by atoms with Crippen LogP contribution >= 0.6 is 0 Å². The normalized spacial score (nSPS) is 13.2. The maximum Gasteiger partial charge on any atom is 0.338 e. The molecule has 0 spiro atoms. The zero-order valence-electron chi connectivity index (χ0n) is 34.2. The van der Waals surface area contributed by atoms with Crippen molar-refractivity contribution in [1.82, 2.24) is 9.13 Å². The van der Waals surface area contributed by atoms with Crippen LogP contribution in [-0.4, -0.2) is 58.3 Å². The number of hydrogen-bond acceptors (Lipinski definition) is 9. The summed E-state index contributed by atoms with van der Waals surface area (Å²) in [6, 6.07) is 17.9. The molecule has 2 N–H and O–H groups in total. The first-order chi connectivity index (χ1) is 28.2. The number of carbonyl (C=O) groups excluding carboxylic acids is 3. The van der Waals surface area contributed by atoms with Gasteiger partial charge in [0, 0.05) is 5.56 Å². The van der Waals surface area contributed by atoms with Gasteiger partial charge in [-0.1, -0.05) is 95.0 Å². The number of hydrogen-bond donors (Lipinski definition) is 2. The van der Waals surface area contributed by atoms with Crippen LogP contribution in [0.5, 0.6) is 23.3 Å². The predicted molar refractivity (Wildman–Crippen MR) is 224 cm³/mol. The number of aromatic hydroxyl groups is 1. The van der Waals surface area contributed by atoms with Gasteiger partial charge in [0.25, 0.3) is 17.7 Å². The van der Waals surface area contributed by atoms with Crippen molar-refractivity contribution in [3.63, 3.8) is 0 Å². The van der Waals surface area contributed by atoms with Crippen LogP contribution in [0.3, 0.4) is 0 Å². The molecule has 4 aromatic rings. The van der Waals surface area contributed by atoms with Crippen molar-refractivity contribution in [1.29, 1.82) is 0 Å². The Bertz CT molecular complexity index is 1980. The van der Waals surface area contributed by atoms with E-state index in [0.717, 1.165) is 55.1 Å². The molecule has 0 bridgehead atoms. The molecule has 12 nitrogen and oxygen atoms in total. The van der Waals surface area contributed by atoms with Crippen LogP contribution in [0.1, 0.15) is 136 Å². The molecule has 0 aliphatic heterocycles. The molecule has 1 aliphatic rings. The number of esters is 1. The molecule has 12 heteroatoms. The lowest BCUT2D eigenvalue weighted by Crippen LogP contribution is -2.39. The average molecular weight is 798 g/mol. The fourth-order valence-electron chi connectivity index (χ4n) is 7.30. The maximum atomic E-state index is 14.6. The minimum absolute atomic E-state index is 0.00326. The molecule has 58 heavy (non-hydrogen) atoms. The molecular weight excluding hydrogens is 739 g/mol. The summed E-state index contributed by atoms with van der Waals surface area (Å²) in [4.78, 5) is 56.6. The second-order valence-electron chi connectivity index (χ2n) is 14.8. The van der Waals surface area contributed by atoms with Gasteiger partial charge in [0.05, 0.1) is 44.2 Å². The fourth-order valence-corrected chi connectivity index (χ4v) is 7.30. The molecule has 1 aliphatic carbocycles. The highest BCUT2D eigenvalue weighted by Crippen LogP contribution is 2.34. The van der Waals surface area contributed by atoms with E-state index >= 15 is 0 Å². The Hall–Kier alpha value is -5.52. The van der Waals surface area contributed by atoms with Crippen molar-refractivity contribution < 1.29 is 38.4 Å². The molecule has 1 unspecified atom stereocenters. The smallest absolute Gasteiger partial charge is 0.338 e. The molecule has 1 atom stereocenters. The Labute approximate surface area is 341 Å². The Kier molecular flexibility index (Phi) is 16.9. The molecule has 0 radical (unpaired) electrons. The topological polar surface area (TPSA) is 147 Å². The molecule has 1 heterocycles. The number of methoxy groups -OCH3 is 1. The lowest BCUT2D eigenvalue weighted by Gasteiger charge is -2.21. The average Bonchev–Trinajstić information content (AvgIpc) is 3.83. The second-order valence-corrected chi connectivity index (χ2v) is 14.8. The Morgan fingerprint density at radius 1 is 0.828 bits per heavy atom. The number of amides is 1. The van der Waals surface area contributed by atoms with Crippen molar-refractivity contribution in [2.24, 2.45) is 0 Å². The van der Waals surface area contributed by atoms with E-state index in [9.17, 15) is 24.3 Å². The zero-order valence-corrected chi connectivity index (χ0v) is 34.2. The summed E-state index contributed by atoms with van der Waals surface area (Å²) in [5.74, 6) is -2.36. The van der Waals surface area contributed by atoms with Crippen LogP contribution in [0.4, 0.5) is 5.69 Å². The molecule has 5 rings (SSSR count). The first-order valence-corrected chi connectivity index (χ1v) is 20.9. The monoisotopic (exact) mass is 797 g/mol. The molecule has 3 aromatic carbocycles. The van der Waals surface area contributed by atoms with Crippen molar-refractivity contribution in [3.8, 4) is 23.3 Å². The number of Topliss-reactive ketones (excluding diaryl/α,β-unsaturated/α-hetero) is 1. The largest absolute Gasteiger partial charge is 0.497 e. The minimum Gasteiger partial charge on any atom is -0.497 e. The quantitative estimate of drug-likeness (QED) is 0.0306. The highest BCUT2D eigenvalue weighted by Gasteiger charge is 2.37. The fraction of sp³-hybridized carbons (Fsp3) is 0.478. The van der Waals surface area contributed by atoms with Gasteiger partial charge < -0.3 is 29.4 Å². The number of nitrogens with zero attached hydrogens (tertiary/aromatic N) is 2. The summed E-state index contributed by atoms with van der Waals surface area (Å²) in [7, 11) is 1.49. The molecule has 1 saturated carbocycles. The number of imidazole rings is 1. The van der Waals surface area contributed by atoms with Gasteiger partial charge in [-0.05, 0) is 87.1 Å². The van der Waals surface area contributed by atoms with E-state index < -0.39 is 35.3 Å². The van der Waals surface area contributed by atoms with Gasteiger partial charge in [0.15, 0.2) is 11.8 Å². The predicted octanol–water partition coefficient (Wildman–Crippen LogP) is 9.27. The van der Waals surface area contributed by atoms with Gasteiger partial charge in [-0.2, -0.15) is 0 Å². The molecule has 312 valence electrons. The molecule has 1 aromatic heterocycles. The highest BCUT2D eigenvalue weighted by atomic mass is 16.5. The van der Waals surface area contributed by atoms with E-state index in [1.807, 2.05) is 30.3 Å². The van der Waals surface area contributed by atoms with Crippen LogP contribution in [0.25, 0.3) is 0 Å². The summed E-state index contributed by atoms with van der Waals surface area (Å²) >= 11 is 0. The number of ketones is 1. The van der Waals surface area contributed by atoms with E-state index in [4.69, 9.17) is 18.9 Å². The molecule has 1 fully saturated rings. The molecule has 1 amide bonds. The van der Waals surface area contributed by atoms with Crippen LogP contribution < -0.4 is 25.2 Å². The van der Waals surface area contributed by atoms with Crippen LogP contribution in [0, 0.1) is 0 Å². The van der Waals surface area contributed by atoms with Crippen LogP contribution in [-0.2, 0) is 16.1 Å². The zero-order chi connectivity index (χ0) is 41.3. The first-order valence-electron chi connectivity index (χ1n) is 20.9. The SMILES string of the molecule is CCCCCCCCCCCCOC(=O)c1ccc(OC2CCCC2)c(NC(=O)C(C(=O)c2ccc(OC)cc2)n2c(O)c(OCC)n(Cc3ccccc3)c2=O)c1. The van der Waals surface area contributed by atoms with Gasteiger partial charge in [-0.3, -0.25) is 14.2 Å². The number of unbranched alkanes of at least 4 members (excludes halogenated alkanes) is 9. The van der Waals surface area contributed by atoms with E-state index in [2.05, 4.69) is 12.2 Å². The Morgan fingerprint density at radius 3 is 2.10 bits per heavy atom. The third-order valence-corrected chi connectivity index (χ3v) is 10.5. The van der Waals surface area contributed by atoms with E-state index in [-0.39, 0.29) is 48.6 Å². The number of aromatic nitrogens is 2. The van der Waals surface area contributed by atoms with Gasteiger partial charge >= 0.3 is 11.7 Å². The summed E-state index contributed by atoms with van der Waals surface area (Å²) in [6.45, 7) is 4.28. The molecular formula is C46H59N3O9. The number of benzene rings is 3. The van der Waals surface area contributed by atoms with Crippen molar-refractivity contribution in [3.05, 3.63) is 100.0 Å². The van der Waals surface area contributed by atoms with Gasteiger partial charge in [-0.25, -0.2) is 14.2 Å². The van der Waals surface area contributed by atoms with Gasteiger partial charge in [0.1, 0.15) is 11.5 Å². The number of carbonyl (C=O) groups is 3. The third-order valence-electron chi connectivity index (χ3n) is 10.5. The lowest BCUT2D eigenvalue weighted by molar-refractivity contribution is -0.118. The van der Waals surface area contributed by atoms with Crippen LogP contribution in [0.15, 0.2) is 77.6 Å². The van der Waals surface area contributed by atoms with Gasteiger partial charge in [0.2, 0.25) is 0 Å². The van der Waals surface area contributed by atoms with Crippen molar-refractivity contribution in [2.75, 3.05) is 25.6 Å². The Balaban J connectivity index is 1.41. The van der Waals surface area contributed by atoms with Crippen LogP contribution in [0.2, 0.25) is 0 Å². The summed E-state index contributed by atoms with van der Waals surface area (Å²) < 4.78 is 24.9. The summed E-state index contributed by atoms with van der Waals surface area (Å²) in [5.41, 5.74) is 0.299. The van der Waals surface area contributed by atoms with Crippen molar-refractivity contribution >= 4 is 23.3 Å². The molecule has 0 saturated heterocycles. The first kappa shape index (κ1) is 43.6.